The Morgan fingerprint density at radius 3 is 2.36 bits per heavy atom. The van der Waals surface area contributed by atoms with Crippen LogP contribution in [0.2, 0.25) is 0 Å². The third-order valence-electron chi connectivity index (χ3n) is 5.30. The van der Waals surface area contributed by atoms with Gasteiger partial charge in [0.05, 0.1) is 24.5 Å². The fourth-order valence-corrected chi connectivity index (χ4v) is 3.56. The molecule has 0 unspecified atom stereocenters. The Balaban J connectivity index is 1.83. The zero-order valence-corrected chi connectivity index (χ0v) is 15.4. The lowest BCUT2D eigenvalue weighted by atomic mass is 9.69. The van der Waals surface area contributed by atoms with Crippen LogP contribution in [-0.4, -0.2) is 13.1 Å². The Hall–Kier alpha value is -2.02. The van der Waals surface area contributed by atoms with Gasteiger partial charge in [-0.3, -0.25) is 4.79 Å². The highest BCUT2D eigenvalue weighted by Crippen LogP contribution is 2.42. The van der Waals surface area contributed by atoms with E-state index in [1.54, 1.807) is 31.4 Å². The Kier molecular flexibility index (Phi) is 7.31. The number of carbonyl (C=O) groups excluding carboxylic acids is 1. The number of esters is 1. The number of unbranched alkanes of at least 4 members (excludes halogenated alkanes) is 3. The van der Waals surface area contributed by atoms with E-state index in [0.29, 0.717) is 5.75 Å². The maximum atomic E-state index is 12.4. The standard InChI is InChI=1S/C21H29NO3/c1-3-4-5-6-13-21(16-22)14-11-17(12-15-21)20(23)25-19-9-7-18(24-2)8-10-19/h7-10,17H,3-6,11-15H2,1-2H3/t17-,21+. The Morgan fingerprint density at radius 1 is 1.16 bits per heavy atom. The number of hydrogen-bond acceptors (Lipinski definition) is 4. The molecule has 1 aromatic carbocycles. The first kappa shape index (κ1) is 19.3. The van der Waals surface area contributed by atoms with E-state index in [1.165, 1.54) is 19.3 Å². The first-order chi connectivity index (χ1) is 12.1. The van der Waals surface area contributed by atoms with Crippen LogP contribution in [0.3, 0.4) is 0 Å². The van der Waals surface area contributed by atoms with Gasteiger partial charge in [-0.15, -0.1) is 0 Å². The molecule has 0 N–H and O–H groups in total. The topological polar surface area (TPSA) is 59.3 Å². The lowest BCUT2D eigenvalue weighted by Crippen LogP contribution is -2.31. The minimum absolute atomic E-state index is 0.0979. The molecule has 1 aliphatic rings. The van der Waals surface area contributed by atoms with Crippen LogP contribution >= 0.6 is 0 Å². The second kappa shape index (κ2) is 9.46. The van der Waals surface area contributed by atoms with Crippen molar-refractivity contribution in [2.75, 3.05) is 7.11 Å². The smallest absolute Gasteiger partial charge is 0.314 e. The van der Waals surface area contributed by atoms with Crippen LogP contribution < -0.4 is 9.47 Å². The molecule has 0 aliphatic heterocycles. The molecule has 0 atom stereocenters. The molecule has 4 heteroatoms. The second-order valence-electron chi connectivity index (χ2n) is 7.07. The SMILES string of the molecule is CCCCCC[C@]1(C#N)CC[C@@H](C(=O)Oc2ccc(OC)cc2)CC1. The van der Waals surface area contributed by atoms with Crippen LogP contribution in [0.15, 0.2) is 24.3 Å². The van der Waals surface area contributed by atoms with Crippen LogP contribution in [0.1, 0.15) is 64.7 Å². The zero-order chi connectivity index (χ0) is 18.1. The minimum Gasteiger partial charge on any atom is -0.497 e. The minimum atomic E-state index is -0.232. The average molecular weight is 343 g/mol. The maximum absolute atomic E-state index is 12.4. The zero-order valence-electron chi connectivity index (χ0n) is 15.4. The van der Waals surface area contributed by atoms with Crippen LogP contribution in [-0.2, 0) is 4.79 Å². The predicted molar refractivity (Wildman–Crippen MR) is 97.4 cm³/mol. The van der Waals surface area contributed by atoms with Gasteiger partial charge in [0.2, 0.25) is 0 Å². The van der Waals surface area contributed by atoms with E-state index < -0.39 is 0 Å². The first-order valence-electron chi connectivity index (χ1n) is 9.39. The van der Waals surface area contributed by atoms with Gasteiger partial charge in [0, 0.05) is 0 Å². The average Bonchev–Trinajstić information content (AvgIpc) is 2.66. The van der Waals surface area contributed by atoms with Gasteiger partial charge in [-0.25, -0.2) is 0 Å². The number of ether oxygens (including phenoxy) is 2. The summed E-state index contributed by atoms with van der Waals surface area (Å²) in [6.45, 7) is 2.19. The summed E-state index contributed by atoms with van der Waals surface area (Å²) in [6.07, 6.45) is 8.81. The van der Waals surface area contributed by atoms with E-state index in [1.807, 2.05) is 0 Å². The van der Waals surface area contributed by atoms with Gasteiger partial charge in [-0.05, 0) is 56.4 Å². The summed E-state index contributed by atoms with van der Waals surface area (Å²) >= 11 is 0. The molecule has 0 heterocycles. The molecule has 1 saturated carbocycles. The van der Waals surface area contributed by atoms with Crippen molar-refractivity contribution < 1.29 is 14.3 Å². The molecule has 0 spiro atoms. The second-order valence-corrected chi connectivity index (χ2v) is 7.07. The Morgan fingerprint density at radius 2 is 1.80 bits per heavy atom. The van der Waals surface area contributed by atoms with Gasteiger partial charge in [0.15, 0.2) is 0 Å². The third kappa shape index (κ3) is 5.49. The summed E-state index contributed by atoms with van der Waals surface area (Å²) in [5.74, 6) is 1.00. The molecule has 1 fully saturated rings. The van der Waals surface area contributed by atoms with E-state index in [4.69, 9.17) is 9.47 Å². The molecule has 2 rings (SSSR count). The molecule has 1 aliphatic carbocycles. The van der Waals surface area contributed by atoms with Gasteiger partial charge < -0.3 is 9.47 Å². The largest absolute Gasteiger partial charge is 0.497 e. The summed E-state index contributed by atoms with van der Waals surface area (Å²) in [4.78, 5) is 12.4. The quantitative estimate of drug-likeness (QED) is 0.366. The molecule has 1 aromatic rings. The fraction of sp³-hybridized carbons (Fsp3) is 0.619. The molecule has 136 valence electrons. The summed E-state index contributed by atoms with van der Waals surface area (Å²) in [6, 6.07) is 9.59. The highest BCUT2D eigenvalue weighted by atomic mass is 16.5. The number of methoxy groups -OCH3 is 1. The normalized spacial score (nSPS) is 22.8. The predicted octanol–water partition coefficient (Wildman–Crippen LogP) is 5.27. The van der Waals surface area contributed by atoms with Crippen molar-refractivity contribution in [3.05, 3.63) is 24.3 Å². The monoisotopic (exact) mass is 343 g/mol. The van der Waals surface area contributed by atoms with Crippen molar-refractivity contribution in [3.8, 4) is 17.6 Å². The molecule has 0 radical (unpaired) electrons. The van der Waals surface area contributed by atoms with Crippen LogP contribution in [0, 0.1) is 22.7 Å². The molecule has 0 bridgehead atoms. The van der Waals surface area contributed by atoms with Gasteiger partial charge in [-0.2, -0.15) is 5.26 Å². The lowest BCUT2D eigenvalue weighted by Gasteiger charge is -2.34. The van der Waals surface area contributed by atoms with E-state index in [-0.39, 0.29) is 17.3 Å². The molecule has 4 nitrogen and oxygen atoms in total. The molecule has 25 heavy (non-hydrogen) atoms. The van der Waals surface area contributed by atoms with Crippen molar-refractivity contribution in [2.24, 2.45) is 11.3 Å². The summed E-state index contributed by atoms with van der Waals surface area (Å²) in [5, 5.41) is 9.63. The van der Waals surface area contributed by atoms with Crippen LogP contribution in [0.25, 0.3) is 0 Å². The van der Waals surface area contributed by atoms with Crippen LogP contribution in [0.4, 0.5) is 0 Å². The number of benzene rings is 1. The summed E-state index contributed by atoms with van der Waals surface area (Å²) in [7, 11) is 1.60. The molecule has 0 saturated heterocycles. The van der Waals surface area contributed by atoms with E-state index in [2.05, 4.69) is 13.0 Å². The molecular formula is C21H29NO3. The number of carbonyl (C=O) groups is 1. The van der Waals surface area contributed by atoms with E-state index in [9.17, 15) is 10.1 Å². The Labute approximate surface area is 151 Å². The first-order valence-corrected chi connectivity index (χ1v) is 9.39. The summed E-state index contributed by atoms with van der Waals surface area (Å²) in [5.41, 5.74) is -0.232. The fourth-order valence-electron chi connectivity index (χ4n) is 3.56. The summed E-state index contributed by atoms with van der Waals surface area (Å²) < 4.78 is 10.6. The van der Waals surface area contributed by atoms with Crippen molar-refractivity contribution in [1.29, 1.82) is 5.26 Å². The molecular weight excluding hydrogens is 314 g/mol. The van der Waals surface area contributed by atoms with Crippen molar-refractivity contribution in [1.82, 2.24) is 0 Å². The van der Waals surface area contributed by atoms with Crippen molar-refractivity contribution in [2.45, 2.75) is 64.7 Å². The number of nitriles is 1. The Bertz CT molecular complexity index is 580. The third-order valence-corrected chi connectivity index (χ3v) is 5.30. The highest BCUT2D eigenvalue weighted by Gasteiger charge is 2.37. The van der Waals surface area contributed by atoms with Crippen LogP contribution in [0.5, 0.6) is 11.5 Å². The van der Waals surface area contributed by atoms with E-state index >= 15 is 0 Å². The van der Waals surface area contributed by atoms with Gasteiger partial charge in [0.1, 0.15) is 11.5 Å². The number of rotatable bonds is 8. The maximum Gasteiger partial charge on any atom is 0.314 e. The van der Waals surface area contributed by atoms with Crippen molar-refractivity contribution >= 4 is 5.97 Å². The van der Waals surface area contributed by atoms with Gasteiger partial charge in [0.25, 0.3) is 0 Å². The number of nitrogens with zero attached hydrogens (tertiary/aromatic N) is 1. The molecule has 0 amide bonds. The van der Waals surface area contributed by atoms with Gasteiger partial charge in [-0.1, -0.05) is 32.6 Å². The van der Waals surface area contributed by atoms with E-state index in [0.717, 1.165) is 44.3 Å². The van der Waals surface area contributed by atoms with Crippen molar-refractivity contribution in [3.63, 3.8) is 0 Å². The lowest BCUT2D eigenvalue weighted by molar-refractivity contribution is -0.140. The highest BCUT2D eigenvalue weighted by molar-refractivity contribution is 5.75. The number of hydrogen-bond donors (Lipinski definition) is 0. The molecule has 0 aromatic heterocycles. The van der Waals surface area contributed by atoms with Gasteiger partial charge >= 0.3 is 5.97 Å².